The molecule has 1 aromatic carbocycles. The van der Waals surface area contributed by atoms with Gasteiger partial charge in [-0.25, -0.2) is 4.79 Å². The summed E-state index contributed by atoms with van der Waals surface area (Å²) in [4.78, 5) is 13.4. The molecule has 2 unspecified atom stereocenters. The summed E-state index contributed by atoms with van der Waals surface area (Å²) in [5.41, 5.74) is -0.0489. The van der Waals surface area contributed by atoms with Crippen molar-refractivity contribution in [2.45, 2.75) is 37.4 Å². The zero-order valence-electron chi connectivity index (χ0n) is 15.1. The second kappa shape index (κ2) is 8.35. The fourth-order valence-corrected chi connectivity index (χ4v) is 3.44. The van der Waals surface area contributed by atoms with Gasteiger partial charge in [0.2, 0.25) is 0 Å². The molecule has 1 aliphatic heterocycles. The fraction of sp³-hybridized carbons (Fsp3) is 0.421. The van der Waals surface area contributed by atoms with Crippen LogP contribution >= 0.6 is 11.6 Å². The lowest BCUT2D eigenvalue weighted by atomic mass is 9.76. The van der Waals surface area contributed by atoms with Gasteiger partial charge in [0.25, 0.3) is 0 Å². The molecule has 2 atom stereocenters. The number of aliphatic hydroxyl groups is 1. The number of nitrogens with one attached hydrogen (secondary N) is 1. The van der Waals surface area contributed by atoms with Crippen molar-refractivity contribution in [1.82, 2.24) is 10.2 Å². The van der Waals surface area contributed by atoms with Gasteiger partial charge in [-0.15, -0.1) is 11.6 Å². The van der Waals surface area contributed by atoms with Gasteiger partial charge in [0.15, 0.2) is 0 Å². The number of carbonyl (C=O) groups excluding carboxylic acids is 1. The number of benzene rings is 1. The zero-order valence-corrected chi connectivity index (χ0v) is 15.8. The first-order chi connectivity index (χ1) is 12.6. The van der Waals surface area contributed by atoms with E-state index in [1.807, 2.05) is 0 Å². The molecule has 4 nitrogen and oxygen atoms in total. The van der Waals surface area contributed by atoms with E-state index in [1.165, 1.54) is 0 Å². The number of halogens is 4. The maximum Gasteiger partial charge on any atom is 0.406 e. The highest BCUT2D eigenvalue weighted by Crippen LogP contribution is 2.44. The predicted octanol–water partition coefficient (Wildman–Crippen LogP) is 4.31. The third kappa shape index (κ3) is 4.65. The van der Waals surface area contributed by atoms with Crippen LogP contribution in [0.15, 0.2) is 53.8 Å². The Hall–Kier alpha value is -1.99. The Morgan fingerprint density at radius 2 is 1.96 bits per heavy atom. The Morgan fingerprint density at radius 1 is 1.33 bits per heavy atom. The first kappa shape index (κ1) is 21.3. The third-order valence-corrected chi connectivity index (χ3v) is 4.71. The molecule has 0 bridgehead atoms. The standard InChI is InChI=1S/C19H22ClF3N2O2/c1-13(20)8-9-16-14(2)18(10-11-26,15-6-4-3-5-7-15)25(17(27)24-16)12-19(21,22)23/h3-9,13,26H,10-12H2,1-2H3,(H,24,27)/b9-8-. The lowest BCUT2D eigenvalue weighted by Gasteiger charge is -2.48. The minimum Gasteiger partial charge on any atom is -0.396 e. The van der Waals surface area contributed by atoms with Crippen molar-refractivity contribution in [3.63, 3.8) is 0 Å². The maximum atomic E-state index is 13.3. The molecule has 1 aliphatic rings. The van der Waals surface area contributed by atoms with Crippen molar-refractivity contribution in [3.05, 3.63) is 59.3 Å². The van der Waals surface area contributed by atoms with Gasteiger partial charge in [-0.3, -0.25) is 0 Å². The van der Waals surface area contributed by atoms with Crippen LogP contribution in [0.1, 0.15) is 25.8 Å². The zero-order chi connectivity index (χ0) is 20.2. The van der Waals surface area contributed by atoms with Gasteiger partial charge in [-0.05, 0) is 31.1 Å². The van der Waals surface area contributed by atoms with Crippen LogP contribution < -0.4 is 5.32 Å². The predicted molar refractivity (Wildman–Crippen MR) is 98.3 cm³/mol. The summed E-state index contributed by atoms with van der Waals surface area (Å²) in [7, 11) is 0. The van der Waals surface area contributed by atoms with Crippen molar-refractivity contribution >= 4 is 17.6 Å². The van der Waals surface area contributed by atoms with Crippen LogP contribution in [0.25, 0.3) is 0 Å². The van der Waals surface area contributed by atoms with E-state index in [0.717, 1.165) is 4.90 Å². The molecule has 0 saturated heterocycles. The topological polar surface area (TPSA) is 52.6 Å². The van der Waals surface area contributed by atoms with Crippen molar-refractivity contribution in [1.29, 1.82) is 0 Å². The number of carbonyl (C=O) groups is 1. The quantitative estimate of drug-likeness (QED) is 0.697. The highest BCUT2D eigenvalue weighted by Gasteiger charge is 2.50. The molecule has 0 spiro atoms. The van der Waals surface area contributed by atoms with E-state index in [2.05, 4.69) is 5.32 Å². The highest BCUT2D eigenvalue weighted by atomic mass is 35.5. The molecule has 1 heterocycles. The van der Waals surface area contributed by atoms with E-state index in [1.54, 1.807) is 56.3 Å². The van der Waals surface area contributed by atoms with E-state index >= 15 is 0 Å². The van der Waals surface area contributed by atoms with Crippen molar-refractivity contribution in [3.8, 4) is 0 Å². The molecular weight excluding hydrogens is 381 g/mol. The molecule has 1 aromatic rings. The van der Waals surface area contributed by atoms with Crippen molar-refractivity contribution in [2.75, 3.05) is 13.2 Å². The molecule has 0 fully saturated rings. The summed E-state index contributed by atoms with van der Waals surface area (Å²) in [5, 5.41) is 11.9. The Bertz CT molecular complexity index is 732. The molecule has 27 heavy (non-hydrogen) atoms. The number of rotatable bonds is 6. The number of alkyl halides is 4. The number of aliphatic hydroxyl groups excluding tert-OH is 1. The number of urea groups is 1. The van der Waals surface area contributed by atoms with E-state index in [4.69, 9.17) is 11.6 Å². The van der Waals surface area contributed by atoms with Crippen LogP contribution in [0.2, 0.25) is 0 Å². The van der Waals surface area contributed by atoms with Crippen LogP contribution in [0.3, 0.4) is 0 Å². The molecule has 8 heteroatoms. The molecule has 148 valence electrons. The summed E-state index contributed by atoms with van der Waals surface area (Å²) in [6, 6.07) is 7.56. The number of allylic oxidation sites excluding steroid dienone is 2. The van der Waals surface area contributed by atoms with Gasteiger partial charge < -0.3 is 15.3 Å². The lowest BCUT2D eigenvalue weighted by Crippen LogP contribution is -2.60. The largest absolute Gasteiger partial charge is 0.406 e. The van der Waals surface area contributed by atoms with E-state index < -0.39 is 30.9 Å². The van der Waals surface area contributed by atoms with Gasteiger partial charge in [0.1, 0.15) is 6.54 Å². The Morgan fingerprint density at radius 3 is 2.48 bits per heavy atom. The Labute approximate surface area is 161 Å². The summed E-state index contributed by atoms with van der Waals surface area (Å²) in [5.74, 6) is 0. The SMILES string of the molecule is CC1=C(/C=C\C(C)Cl)NC(=O)N(CC(F)(F)F)C1(CCO)c1ccccc1. The number of amides is 2. The van der Waals surface area contributed by atoms with Gasteiger partial charge in [0, 0.05) is 24.1 Å². The molecule has 0 aromatic heterocycles. The smallest absolute Gasteiger partial charge is 0.396 e. The van der Waals surface area contributed by atoms with Crippen LogP contribution in [0.4, 0.5) is 18.0 Å². The average Bonchev–Trinajstić information content (AvgIpc) is 2.59. The fourth-order valence-electron chi connectivity index (χ4n) is 3.37. The maximum absolute atomic E-state index is 13.3. The van der Waals surface area contributed by atoms with Gasteiger partial charge in [-0.2, -0.15) is 13.2 Å². The minimum atomic E-state index is -4.59. The second-order valence-electron chi connectivity index (χ2n) is 6.41. The number of hydrogen-bond acceptors (Lipinski definition) is 2. The summed E-state index contributed by atoms with van der Waals surface area (Å²) in [6.07, 6.45) is -1.44. The normalized spacial score (nSPS) is 22.3. The third-order valence-electron chi connectivity index (χ3n) is 4.56. The molecule has 0 saturated carbocycles. The molecular formula is C19H22ClF3N2O2. The van der Waals surface area contributed by atoms with Gasteiger partial charge >= 0.3 is 12.2 Å². The Kier molecular flexibility index (Phi) is 6.59. The lowest BCUT2D eigenvalue weighted by molar-refractivity contribution is -0.150. The minimum absolute atomic E-state index is 0.0693. The number of nitrogens with zero attached hydrogens (tertiary/aromatic N) is 1. The molecule has 2 rings (SSSR count). The highest BCUT2D eigenvalue weighted by molar-refractivity contribution is 6.21. The molecule has 0 radical (unpaired) electrons. The van der Waals surface area contributed by atoms with Crippen molar-refractivity contribution < 1.29 is 23.1 Å². The second-order valence-corrected chi connectivity index (χ2v) is 7.10. The van der Waals surface area contributed by atoms with Crippen molar-refractivity contribution in [2.24, 2.45) is 0 Å². The van der Waals surface area contributed by atoms with Crippen LogP contribution in [-0.4, -0.2) is 40.7 Å². The number of hydrogen-bond donors (Lipinski definition) is 2. The van der Waals surface area contributed by atoms with Crippen LogP contribution in [-0.2, 0) is 5.54 Å². The summed E-state index contributed by atoms with van der Waals surface area (Å²) < 4.78 is 39.8. The average molecular weight is 403 g/mol. The van der Waals surface area contributed by atoms with E-state index in [0.29, 0.717) is 16.8 Å². The van der Waals surface area contributed by atoms with Gasteiger partial charge in [0.05, 0.1) is 5.54 Å². The first-order valence-corrected chi connectivity index (χ1v) is 8.91. The van der Waals surface area contributed by atoms with Crippen LogP contribution in [0, 0.1) is 0 Å². The van der Waals surface area contributed by atoms with Crippen LogP contribution in [0.5, 0.6) is 0 Å². The molecule has 2 amide bonds. The Balaban J connectivity index is 2.73. The summed E-state index contributed by atoms with van der Waals surface area (Å²) in [6.45, 7) is 1.56. The molecule has 0 aliphatic carbocycles. The molecule has 2 N–H and O–H groups in total. The van der Waals surface area contributed by atoms with E-state index in [9.17, 15) is 23.1 Å². The van der Waals surface area contributed by atoms with E-state index in [-0.39, 0.29) is 11.8 Å². The first-order valence-electron chi connectivity index (χ1n) is 8.47. The van der Waals surface area contributed by atoms with Gasteiger partial charge in [-0.1, -0.05) is 36.4 Å². The monoisotopic (exact) mass is 402 g/mol. The summed E-state index contributed by atoms with van der Waals surface area (Å²) >= 11 is 5.92.